The lowest BCUT2D eigenvalue weighted by atomic mass is 10.2. The van der Waals surface area contributed by atoms with E-state index in [1.54, 1.807) is 18.2 Å². The van der Waals surface area contributed by atoms with E-state index >= 15 is 0 Å². The highest BCUT2D eigenvalue weighted by molar-refractivity contribution is 5.91. The van der Waals surface area contributed by atoms with E-state index in [1.165, 1.54) is 18.2 Å². The molecule has 25 heavy (non-hydrogen) atoms. The van der Waals surface area contributed by atoms with E-state index in [0.29, 0.717) is 13.0 Å². The van der Waals surface area contributed by atoms with Gasteiger partial charge >= 0.3 is 0 Å². The van der Waals surface area contributed by atoms with Crippen molar-refractivity contribution >= 4 is 28.7 Å². The number of nitrogens with zero attached hydrogens (tertiary/aromatic N) is 2. The summed E-state index contributed by atoms with van der Waals surface area (Å²) in [7, 11) is 0. The van der Waals surface area contributed by atoms with Crippen LogP contribution in [-0.2, 0) is 11.2 Å². The molecular weight excluding hydrogens is 320 g/mol. The van der Waals surface area contributed by atoms with Gasteiger partial charge in [0.2, 0.25) is 5.91 Å². The number of nitro groups is 1. The molecule has 1 aromatic heterocycles. The van der Waals surface area contributed by atoms with E-state index in [2.05, 4.69) is 15.3 Å². The standard InChI is InChI=1S/C18H16N4O3/c23-18(10-7-13-5-8-14(9-6-13)22(24)25)19-12-11-17-20-15-3-1-2-4-16(15)21-17/h1-10H,11-12H2,(H,19,23)(H,20,21)/b10-7+. The van der Waals surface area contributed by atoms with Crippen molar-refractivity contribution in [3.63, 3.8) is 0 Å². The van der Waals surface area contributed by atoms with Crippen LogP contribution < -0.4 is 5.32 Å². The van der Waals surface area contributed by atoms with Gasteiger partial charge < -0.3 is 10.3 Å². The summed E-state index contributed by atoms with van der Waals surface area (Å²) in [6.45, 7) is 0.462. The van der Waals surface area contributed by atoms with Gasteiger partial charge in [-0.25, -0.2) is 4.98 Å². The van der Waals surface area contributed by atoms with Crippen molar-refractivity contribution in [3.8, 4) is 0 Å². The van der Waals surface area contributed by atoms with E-state index in [-0.39, 0.29) is 11.6 Å². The number of aromatic amines is 1. The Morgan fingerprint density at radius 2 is 1.96 bits per heavy atom. The summed E-state index contributed by atoms with van der Waals surface area (Å²) < 4.78 is 0. The van der Waals surface area contributed by atoms with E-state index in [4.69, 9.17) is 0 Å². The highest BCUT2D eigenvalue weighted by Gasteiger charge is 2.04. The fourth-order valence-electron chi connectivity index (χ4n) is 2.37. The number of nitro benzene ring substituents is 1. The molecule has 3 aromatic rings. The van der Waals surface area contributed by atoms with Crippen molar-refractivity contribution in [3.05, 3.63) is 76.1 Å². The van der Waals surface area contributed by atoms with Gasteiger partial charge in [-0.15, -0.1) is 0 Å². The normalized spacial score (nSPS) is 11.0. The molecule has 7 heteroatoms. The summed E-state index contributed by atoms with van der Waals surface area (Å²) in [4.78, 5) is 29.6. The van der Waals surface area contributed by atoms with Crippen LogP contribution in [0.1, 0.15) is 11.4 Å². The first-order valence-corrected chi connectivity index (χ1v) is 7.76. The van der Waals surface area contributed by atoms with Crippen LogP contribution in [0.15, 0.2) is 54.6 Å². The largest absolute Gasteiger partial charge is 0.352 e. The average Bonchev–Trinajstić information content (AvgIpc) is 3.03. The maximum atomic E-state index is 11.8. The van der Waals surface area contributed by atoms with Gasteiger partial charge in [-0.05, 0) is 35.9 Å². The zero-order valence-corrected chi connectivity index (χ0v) is 13.3. The van der Waals surface area contributed by atoms with Gasteiger partial charge in [-0.3, -0.25) is 14.9 Å². The topological polar surface area (TPSA) is 101 Å². The minimum absolute atomic E-state index is 0.0208. The van der Waals surface area contributed by atoms with Gasteiger partial charge in [0.05, 0.1) is 16.0 Å². The van der Waals surface area contributed by atoms with Crippen molar-refractivity contribution in [2.45, 2.75) is 6.42 Å². The van der Waals surface area contributed by atoms with Gasteiger partial charge in [0.1, 0.15) is 5.82 Å². The second kappa shape index (κ2) is 7.39. The molecule has 0 spiro atoms. The second-order valence-corrected chi connectivity index (χ2v) is 5.42. The van der Waals surface area contributed by atoms with Gasteiger partial charge in [0.25, 0.3) is 5.69 Å². The van der Waals surface area contributed by atoms with Gasteiger partial charge in [-0.1, -0.05) is 12.1 Å². The van der Waals surface area contributed by atoms with Crippen LogP contribution in [0.5, 0.6) is 0 Å². The Morgan fingerprint density at radius 3 is 2.68 bits per heavy atom. The molecule has 0 saturated carbocycles. The molecule has 2 N–H and O–H groups in total. The van der Waals surface area contributed by atoms with E-state index in [1.807, 2.05) is 24.3 Å². The Hall–Kier alpha value is -3.48. The van der Waals surface area contributed by atoms with Gasteiger partial charge in [-0.2, -0.15) is 0 Å². The lowest BCUT2D eigenvalue weighted by Crippen LogP contribution is -2.23. The van der Waals surface area contributed by atoms with Crippen molar-refractivity contribution in [2.24, 2.45) is 0 Å². The third kappa shape index (κ3) is 4.29. The number of carbonyl (C=O) groups excluding carboxylic acids is 1. The van der Waals surface area contributed by atoms with Crippen LogP contribution in [-0.4, -0.2) is 27.3 Å². The molecule has 0 aliphatic rings. The van der Waals surface area contributed by atoms with Crippen LogP contribution in [0.4, 0.5) is 5.69 Å². The number of nitrogens with one attached hydrogen (secondary N) is 2. The molecule has 7 nitrogen and oxygen atoms in total. The Morgan fingerprint density at radius 1 is 1.20 bits per heavy atom. The summed E-state index contributed by atoms with van der Waals surface area (Å²) >= 11 is 0. The monoisotopic (exact) mass is 336 g/mol. The summed E-state index contributed by atoms with van der Waals surface area (Å²) in [5, 5.41) is 13.4. The van der Waals surface area contributed by atoms with Crippen molar-refractivity contribution < 1.29 is 9.72 Å². The number of rotatable bonds is 6. The lowest BCUT2D eigenvalue weighted by Gasteiger charge is -2.00. The number of benzene rings is 2. The van der Waals surface area contributed by atoms with Crippen molar-refractivity contribution in [1.82, 2.24) is 15.3 Å². The number of amides is 1. The number of hydrogen-bond acceptors (Lipinski definition) is 4. The highest BCUT2D eigenvalue weighted by Crippen LogP contribution is 2.13. The van der Waals surface area contributed by atoms with Gasteiger partial charge in [0.15, 0.2) is 0 Å². The lowest BCUT2D eigenvalue weighted by molar-refractivity contribution is -0.384. The molecule has 0 fully saturated rings. The SMILES string of the molecule is O=C(/C=C/c1ccc([N+](=O)[O-])cc1)NCCc1nc2ccccc2[nH]1. The summed E-state index contributed by atoms with van der Waals surface area (Å²) in [5.41, 5.74) is 2.62. The zero-order chi connectivity index (χ0) is 17.6. The van der Waals surface area contributed by atoms with Crippen LogP contribution in [0.25, 0.3) is 17.1 Å². The molecule has 126 valence electrons. The Labute approximate surface area is 143 Å². The molecular formula is C18H16N4O3. The number of imidazole rings is 1. The van der Waals surface area contributed by atoms with E-state index < -0.39 is 4.92 Å². The molecule has 0 radical (unpaired) electrons. The van der Waals surface area contributed by atoms with Crippen LogP contribution in [0, 0.1) is 10.1 Å². The molecule has 0 unspecified atom stereocenters. The summed E-state index contributed by atoms with van der Waals surface area (Å²) in [6.07, 6.45) is 3.62. The average molecular weight is 336 g/mol. The molecule has 0 aliphatic carbocycles. The fourth-order valence-corrected chi connectivity index (χ4v) is 2.37. The Bertz CT molecular complexity index is 896. The van der Waals surface area contributed by atoms with Crippen molar-refractivity contribution in [1.29, 1.82) is 0 Å². The highest BCUT2D eigenvalue weighted by atomic mass is 16.6. The first-order chi connectivity index (χ1) is 12.1. The molecule has 0 aliphatic heterocycles. The molecule has 0 atom stereocenters. The maximum Gasteiger partial charge on any atom is 0.269 e. The van der Waals surface area contributed by atoms with E-state index in [0.717, 1.165) is 22.4 Å². The third-order valence-corrected chi connectivity index (χ3v) is 3.63. The minimum atomic E-state index is -0.460. The first-order valence-electron chi connectivity index (χ1n) is 7.76. The van der Waals surface area contributed by atoms with Crippen LogP contribution >= 0.6 is 0 Å². The van der Waals surface area contributed by atoms with Crippen molar-refractivity contribution in [2.75, 3.05) is 6.54 Å². The number of fused-ring (bicyclic) bond motifs is 1. The fraction of sp³-hybridized carbons (Fsp3) is 0.111. The smallest absolute Gasteiger partial charge is 0.269 e. The minimum Gasteiger partial charge on any atom is -0.352 e. The maximum absolute atomic E-state index is 11.8. The molecule has 1 amide bonds. The third-order valence-electron chi connectivity index (χ3n) is 3.63. The number of aromatic nitrogens is 2. The molecule has 0 bridgehead atoms. The predicted octanol–water partition coefficient (Wildman–Crippen LogP) is 2.84. The number of carbonyl (C=O) groups is 1. The summed E-state index contributed by atoms with van der Waals surface area (Å²) in [5.74, 6) is 0.593. The first kappa shape index (κ1) is 16.4. The predicted molar refractivity (Wildman–Crippen MR) is 94.9 cm³/mol. The van der Waals surface area contributed by atoms with Gasteiger partial charge in [0, 0.05) is 31.2 Å². The Balaban J connectivity index is 1.49. The second-order valence-electron chi connectivity index (χ2n) is 5.42. The quantitative estimate of drug-likeness (QED) is 0.410. The van der Waals surface area contributed by atoms with Crippen LogP contribution in [0.3, 0.4) is 0 Å². The molecule has 1 heterocycles. The number of non-ortho nitro benzene ring substituents is 1. The molecule has 3 rings (SSSR count). The summed E-state index contributed by atoms with van der Waals surface area (Å²) in [6, 6.07) is 13.7. The number of para-hydroxylation sites is 2. The molecule has 2 aromatic carbocycles. The number of hydrogen-bond donors (Lipinski definition) is 2. The number of H-pyrrole nitrogens is 1. The Kier molecular flexibility index (Phi) is 4.84. The zero-order valence-electron chi connectivity index (χ0n) is 13.3. The van der Waals surface area contributed by atoms with E-state index in [9.17, 15) is 14.9 Å². The molecule has 0 saturated heterocycles. The van der Waals surface area contributed by atoms with Crippen LogP contribution in [0.2, 0.25) is 0 Å².